The molecular formula is C7H15BaNO3. The van der Waals surface area contributed by atoms with Gasteiger partial charge in [-0.2, -0.15) is 0 Å². The van der Waals surface area contributed by atoms with Crippen molar-refractivity contribution in [2.45, 2.75) is 25.8 Å². The molecule has 0 aromatic carbocycles. The van der Waals surface area contributed by atoms with Crippen LogP contribution in [-0.2, 0) is 4.79 Å². The van der Waals surface area contributed by atoms with Gasteiger partial charge in [0.05, 0.1) is 0 Å². The molecule has 0 heterocycles. The van der Waals surface area contributed by atoms with Crippen molar-refractivity contribution >= 4 is 54.9 Å². The number of carbonyl (C=O) groups is 1. The smallest absolute Gasteiger partial charge is 0.320 e. The number of aliphatic carboxylic acids is 1. The van der Waals surface area contributed by atoms with Gasteiger partial charge in [-0.15, -0.1) is 0 Å². The zero-order valence-corrected chi connectivity index (χ0v) is 11.9. The van der Waals surface area contributed by atoms with Crippen molar-refractivity contribution in [1.29, 1.82) is 0 Å². The Morgan fingerprint density at radius 3 is 2.50 bits per heavy atom. The third-order valence-corrected chi connectivity index (χ3v) is 1.36. The van der Waals surface area contributed by atoms with Gasteiger partial charge in [0.25, 0.3) is 0 Å². The van der Waals surface area contributed by atoms with E-state index in [2.05, 4.69) is 5.32 Å². The van der Waals surface area contributed by atoms with E-state index in [1.54, 1.807) is 0 Å². The molecule has 0 rings (SSSR count). The molecule has 0 aliphatic rings. The van der Waals surface area contributed by atoms with E-state index in [1.807, 2.05) is 6.92 Å². The Morgan fingerprint density at radius 1 is 1.58 bits per heavy atom. The van der Waals surface area contributed by atoms with E-state index >= 15 is 0 Å². The topological polar surface area (TPSA) is 69.6 Å². The summed E-state index contributed by atoms with van der Waals surface area (Å²) in [4.78, 5) is 10.4. The van der Waals surface area contributed by atoms with Crippen LogP contribution in [0.3, 0.4) is 0 Å². The minimum Gasteiger partial charge on any atom is -0.480 e. The molecule has 3 N–H and O–H groups in total. The molecule has 68 valence electrons. The van der Waals surface area contributed by atoms with E-state index in [1.165, 1.54) is 0 Å². The third kappa shape index (κ3) is 7.60. The molecule has 0 aromatic heterocycles. The number of rotatable bonds is 6. The molecule has 0 aliphatic heterocycles. The van der Waals surface area contributed by atoms with Crippen LogP contribution in [0.1, 0.15) is 19.8 Å². The number of hydrogen-bond acceptors (Lipinski definition) is 3. The first-order chi connectivity index (χ1) is 5.22. The van der Waals surface area contributed by atoms with Gasteiger partial charge in [0.1, 0.15) is 6.04 Å². The molecule has 0 spiro atoms. The summed E-state index contributed by atoms with van der Waals surface area (Å²) >= 11 is 0. The monoisotopic (exact) mass is 299 g/mol. The predicted molar refractivity (Wildman–Crippen MR) is 47.2 cm³/mol. The molecule has 0 unspecified atom stereocenters. The summed E-state index contributed by atoms with van der Waals surface area (Å²) in [5, 5.41) is 19.8. The number of aliphatic hydroxyl groups excluding tert-OH is 1. The predicted octanol–water partition coefficient (Wildman–Crippen LogP) is -0.559. The molecule has 0 bridgehead atoms. The van der Waals surface area contributed by atoms with Crippen molar-refractivity contribution in [2.75, 3.05) is 13.2 Å². The Labute approximate surface area is 113 Å². The van der Waals surface area contributed by atoms with Crippen molar-refractivity contribution < 1.29 is 15.0 Å². The summed E-state index contributed by atoms with van der Waals surface area (Å²) in [7, 11) is 0. The van der Waals surface area contributed by atoms with Crippen molar-refractivity contribution in [3.8, 4) is 0 Å². The molecule has 5 heteroatoms. The summed E-state index contributed by atoms with van der Waals surface area (Å²) in [5.74, 6) is -0.896. The van der Waals surface area contributed by atoms with Crippen LogP contribution in [0.15, 0.2) is 0 Å². The number of nitrogens with one attached hydrogen (secondary N) is 1. The van der Waals surface area contributed by atoms with E-state index in [9.17, 15) is 4.79 Å². The van der Waals surface area contributed by atoms with Crippen molar-refractivity contribution in [2.24, 2.45) is 0 Å². The molecule has 1 atom stereocenters. The van der Waals surface area contributed by atoms with Gasteiger partial charge in [0, 0.05) is 55.5 Å². The molecule has 0 amide bonds. The molecule has 0 fully saturated rings. The first-order valence-corrected chi connectivity index (χ1v) is 3.79. The first-order valence-electron chi connectivity index (χ1n) is 3.79. The van der Waals surface area contributed by atoms with Crippen LogP contribution in [0.5, 0.6) is 0 Å². The standard InChI is InChI=1S/C7H15NO3.Ba/c1-2-4-8-6(3-5-9)7(10)11;/h6,8-9H,2-5H2,1H3,(H,10,11);/t6-;/m0./s1. The van der Waals surface area contributed by atoms with Crippen molar-refractivity contribution in [3.63, 3.8) is 0 Å². The van der Waals surface area contributed by atoms with Gasteiger partial charge >= 0.3 is 5.97 Å². The Bertz CT molecular complexity index is 121. The quantitative estimate of drug-likeness (QED) is 0.575. The maximum absolute atomic E-state index is 10.4. The number of aliphatic hydroxyl groups is 1. The summed E-state index contributed by atoms with van der Waals surface area (Å²) in [6, 6.07) is -0.597. The summed E-state index contributed by atoms with van der Waals surface area (Å²) in [5.41, 5.74) is 0. The molecule has 0 saturated heterocycles. The number of carboxylic acid groups (broad SMARTS) is 1. The SMILES string of the molecule is CCCN[C@@H](CCO)C(=O)O.[Ba]. The van der Waals surface area contributed by atoms with E-state index in [-0.39, 0.29) is 61.9 Å². The van der Waals surface area contributed by atoms with Crippen LogP contribution in [-0.4, -0.2) is 84.3 Å². The van der Waals surface area contributed by atoms with Gasteiger partial charge in [0.2, 0.25) is 0 Å². The fraction of sp³-hybridized carbons (Fsp3) is 0.857. The van der Waals surface area contributed by atoms with E-state index in [0.717, 1.165) is 6.42 Å². The average Bonchev–Trinajstić information content (AvgIpc) is 1.97. The second kappa shape index (κ2) is 10.0. The molecule has 2 radical (unpaired) electrons. The molecule has 0 saturated carbocycles. The van der Waals surface area contributed by atoms with Crippen LogP contribution in [0.4, 0.5) is 0 Å². The summed E-state index contributed by atoms with van der Waals surface area (Å²) < 4.78 is 0. The first kappa shape index (κ1) is 15.4. The molecule has 0 aromatic rings. The zero-order chi connectivity index (χ0) is 8.69. The fourth-order valence-electron chi connectivity index (χ4n) is 0.761. The molecular weight excluding hydrogens is 283 g/mol. The zero-order valence-electron chi connectivity index (χ0n) is 7.42. The second-order valence-electron chi connectivity index (χ2n) is 2.36. The fourth-order valence-corrected chi connectivity index (χ4v) is 0.761. The number of hydrogen-bond donors (Lipinski definition) is 3. The Hall–Kier alpha value is 0.961. The van der Waals surface area contributed by atoms with E-state index in [0.29, 0.717) is 6.54 Å². The average molecular weight is 299 g/mol. The summed E-state index contributed by atoms with van der Waals surface area (Å²) in [6.45, 7) is 2.55. The van der Waals surface area contributed by atoms with Gasteiger partial charge in [-0.25, -0.2) is 0 Å². The summed E-state index contributed by atoms with van der Waals surface area (Å²) in [6.07, 6.45) is 1.17. The van der Waals surface area contributed by atoms with Crippen LogP contribution in [0.25, 0.3) is 0 Å². The largest absolute Gasteiger partial charge is 0.480 e. The van der Waals surface area contributed by atoms with Crippen LogP contribution in [0.2, 0.25) is 0 Å². The molecule has 0 aliphatic carbocycles. The van der Waals surface area contributed by atoms with Crippen molar-refractivity contribution in [1.82, 2.24) is 5.32 Å². The van der Waals surface area contributed by atoms with Crippen LogP contribution < -0.4 is 5.32 Å². The Kier molecular flexibility index (Phi) is 12.9. The normalized spacial score (nSPS) is 11.8. The van der Waals surface area contributed by atoms with Gasteiger partial charge < -0.3 is 15.5 Å². The van der Waals surface area contributed by atoms with Crippen LogP contribution in [0, 0.1) is 0 Å². The van der Waals surface area contributed by atoms with E-state index < -0.39 is 12.0 Å². The van der Waals surface area contributed by atoms with E-state index in [4.69, 9.17) is 10.2 Å². The molecule has 4 nitrogen and oxygen atoms in total. The Balaban J connectivity index is 0. The van der Waals surface area contributed by atoms with Gasteiger partial charge in [-0.05, 0) is 19.4 Å². The maximum atomic E-state index is 10.4. The maximum Gasteiger partial charge on any atom is 0.320 e. The van der Waals surface area contributed by atoms with Gasteiger partial charge in [-0.3, -0.25) is 4.79 Å². The third-order valence-electron chi connectivity index (χ3n) is 1.36. The van der Waals surface area contributed by atoms with Gasteiger partial charge in [-0.1, -0.05) is 6.92 Å². The minimum atomic E-state index is -0.896. The molecule has 12 heavy (non-hydrogen) atoms. The van der Waals surface area contributed by atoms with Crippen LogP contribution >= 0.6 is 0 Å². The van der Waals surface area contributed by atoms with Gasteiger partial charge in [0.15, 0.2) is 0 Å². The van der Waals surface area contributed by atoms with Crippen molar-refractivity contribution in [3.05, 3.63) is 0 Å². The Morgan fingerprint density at radius 2 is 2.17 bits per heavy atom. The minimum absolute atomic E-state index is 0. The second-order valence-corrected chi connectivity index (χ2v) is 2.36. The number of carboxylic acids is 1.